The first-order valence-corrected chi connectivity index (χ1v) is 5.61. The molecule has 2 saturated heterocycles. The molecule has 94 valence electrons. The second-order valence-corrected chi connectivity index (χ2v) is 4.64. The standard InChI is InChI=1S/C10H16N4O3/c1-6(4-11)7(15)14-3-2-10(5-14)8(16)12-9(17)13-10/h6H,2-5,11H2,1H3,(H2,12,13,16,17). The number of hydrogen-bond acceptors (Lipinski definition) is 4. The lowest BCUT2D eigenvalue weighted by Gasteiger charge is -2.23. The van der Waals surface area contributed by atoms with Crippen molar-refractivity contribution in [3.8, 4) is 0 Å². The number of amides is 4. The number of carbonyl (C=O) groups is 3. The summed E-state index contributed by atoms with van der Waals surface area (Å²) in [5.41, 5.74) is 4.51. The van der Waals surface area contributed by atoms with E-state index < -0.39 is 11.6 Å². The largest absolute Gasteiger partial charge is 0.339 e. The Labute approximate surface area is 98.7 Å². The molecule has 0 aliphatic carbocycles. The van der Waals surface area contributed by atoms with Gasteiger partial charge in [0.1, 0.15) is 5.54 Å². The van der Waals surface area contributed by atoms with Gasteiger partial charge in [-0.2, -0.15) is 0 Å². The average molecular weight is 240 g/mol. The van der Waals surface area contributed by atoms with Crippen LogP contribution in [0.25, 0.3) is 0 Å². The molecular weight excluding hydrogens is 224 g/mol. The number of carbonyl (C=O) groups excluding carboxylic acids is 3. The summed E-state index contributed by atoms with van der Waals surface area (Å²) in [5, 5.41) is 4.80. The van der Waals surface area contributed by atoms with Gasteiger partial charge < -0.3 is 16.0 Å². The van der Waals surface area contributed by atoms with Crippen molar-refractivity contribution in [2.75, 3.05) is 19.6 Å². The fourth-order valence-corrected chi connectivity index (χ4v) is 2.23. The van der Waals surface area contributed by atoms with Gasteiger partial charge in [-0.25, -0.2) is 4.79 Å². The molecule has 0 bridgehead atoms. The Kier molecular flexibility index (Phi) is 2.78. The molecule has 2 unspecified atom stereocenters. The predicted molar refractivity (Wildman–Crippen MR) is 58.8 cm³/mol. The van der Waals surface area contributed by atoms with Crippen LogP contribution in [0.4, 0.5) is 4.79 Å². The molecule has 2 rings (SSSR count). The molecule has 0 aromatic heterocycles. The van der Waals surface area contributed by atoms with Crippen molar-refractivity contribution in [1.29, 1.82) is 0 Å². The highest BCUT2D eigenvalue weighted by atomic mass is 16.2. The summed E-state index contributed by atoms with van der Waals surface area (Å²) in [6.45, 7) is 2.73. The summed E-state index contributed by atoms with van der Waals surface area (Å²) in [5.74, 6) is -0.679. The van der Waals surface area contributed by atoms with E-state index in [9.17, 15) is 14.4 Å². The van der Waals surface area contributed by atoms with Crippen LogP contribution in [0.15, 0.2) is 0 Å². The number of hydrogen-bond donors (Lipinski definition) is 3. The monoisotopic (exact) mass is 240 g/mol. The number of nitrogens with two attached hydrogens (primary N) is 1. The molecule has 2 aliphatic rings. The zero-order valence-corrected chi connectivity index (χ0v) is 9.66. The molecular formula is C10H16N4O3. The van der Waals surface area contributed by atoms with Gasteiger partial charge in [-0.1, -0.05) is 6.92 Å². The van der Waals surface area contributed by atoms with Gasteiger partial charge in [0.25, 0.3) is 5.91 Å². The van der Waals surface area contributed by atoms with E-state index in [1.807, 2.05) is 0 Å². The van der Waals surface area contributed by atoms with Gasteiger partial charge in [-0.3, -0.25) is 14.9 Å². The molecule has 0 radical (unpaired) electrons. The molecule has 2 atom stereocenters. The van der Waals surface area contributed by atoms with Gasteiger partial charge in [-0.15, -0.1) is 0 Å². The fourth-order valence-electron chi connectivity index (χ4n) is 2.23. The van der Waals surface area contributed by atoms with E-state index in [1.54, 1.807) is 11.8 Å². The maximum atomic E-state index is 11.9. The Hall–Kier alpha value is -1.63. The predicted octanol–water partition coefficient (Wildman–Crippen LogP) is -1.61. The van der Waals surface area contributed by atoms with Gasteiger partial charge in [0.2, 0.25) is 5.91 Å². The molecule has 17 heavy (non-hydrogen) atoms. The van der Waals surface area contributed by atoms with Crippen LogP contribution in [0.1, 0.15) is 13.3 Å². The number of imide groups is 1. The zero-order chi connectivity index (χ0) is 12.6. The minimum Gasteiger partial charge on any atom is -0.339 e. The lowest BCUT2D eigenvalue weighted by atomic mass is 9.99. The number of likely N-dealkylation sites (tertiary alicyclic amines) is 1. The third-order valence-corrected chi connectivity index (χ3v) is 3.37. The van der Waals surface area contributed by atoms with Crippen LogP contribution in [0.3, 0.4) is 0 Å². The summed E-state index contributed by atoms with van der Waals surface area (Å²) in [7, 11) is 0. The van der Waals surface area contributed by atoms with Gasteiger partial charge in [0, 0.05) is 19.0 Å². The highest BCUT2D eigenvalue weighted by Gasteiger charge is 2.51. The zero-order valence-electron chi connectivity index (χ0n) is 9.66. The number of rotatable bonds is 2. The van der Waals surface area contributed by atoms with Crippen molar-refractivity contribution in [2.45, 2.75) is 18.9 Å². The molecule has 0 aromatic carbocycles. The molecule has 4 N–H and O–H groups in total. The summed E-state index contributed by atoms with van der Waals surface area (Å²) in [4.78, 5) is 36.3. The van der Waals surface area contributed by atoms with Gasteiger partial charge >= 0.3 is 6.03 Å². The van der Waals surface area contributed by atoms with Crippen molar-refractivity contribution in [1.82, 2.24) is 15.5 Å². The first-order chi connectivity index (χ1) is 7.98. The highest BCUT2D eigenvalue weighted by Crippen LogP contribution is 2.25. The third-order valence-electron chi connectivity index (χ3n) is 3.37. The van der Waals surface area contributed by atoms with E-state index in [0.29, 0.717) is 13.0 Å². The molecule has 7 heteroatoms. The fraction of sp³-hybridized carbons (Fsp3) is 0.700. The first-order valence-electron chi connectivity index (χ1n) is 5.61. The molecule has 2 heterocycles. The van der Waals surface area contributed by atoms with Crippen molar-refractivity contribution >= 4 is 17.8 Å². The molecule has 7 nitrogen and oxygen atoms in total. The molecule has 1 spiro atoms. The molecule has 0 saturated carbocycles. The Morgan fingerprint density at radius 1 is 1.59 bits per heavy atom. The normalized spacial score (nSPS) is 29.4. The SMILES string of the molecule is CC(CN)C(=O)N1CCC2(C1)NC(=O)NC2=O. The Balaban J connectivity index is 2.07. The minimum absolute atomic E-state index is 0.0710. The Morgan fingerprint density at radius 3 is 2.82 bits per heavy atom. The second-order valence-electron chi connectivity index (χ2n) is 4.64. The van der Waals surface area contributed by atoms with Crippen LogP contribution in [-0.2, 0) is 9.59 Å². The van der Waals surface area contributed by atoms with E-state index in [-0.39, 0.29) is 30.8 Å². The summed E-state index contributed by atoms with van der Waals surface area (Å²) >= 11 is 0. The Bertz CT molecular complexity index is 384. The van der Waals surface area contributed by atoms with Crippen molar-refractivity contribution in [2.24, 2.45) is 11.7 Å². The van der Waals surface area contributed by atoms with Gasteiger partial charge in [-0.05, 0) is 6.42 Å². The lowest BCUT2D eigenvalue weighted by molar-refractivity contribution is -0.134. The van der Waals surface area contributed by atoms with Crippen molar-refractivity contribution in [3.05, 3.63) is 0 Å². The Morgan fingerprint density at radius 2 is 2.29 bits per heavy atom. The number of nitrogens with zero attached hydrogens (tertiary/aromatic N) is 1. The average Bonchev–Trinajstić information content (AvgIpc) is 2.83. The van der Waals surface area contributed by atoms with Crippen LogP contribution in [0, 0.1) is 5.92 Å². The van der Waals surface area contributed by atoms with E-state index in [1.165, 1.54) is 0 Å². The molecule has 0 aromatic rings. The van der Waals surface area contributed by atoms with Crippen LogP contribution < -0.4 is 16.4 Å². The summed E-state index contributed by atoms with van der Waals surface area (Å²) < 4.78 is 0. The number of nitrogens with one attached hydrogen (secondary N) is 2. The van der Waals surface area contributed by atoms with Gasteiger partial charge in [0.15, 0.2) is 0 Å². The van der Waals surface area contributed by atoms with Crippen LogP contribution in [0.5, 0.6) is 0 Å². The van der Waals surface area contributed by atoms with Crippen molar-refractivity contribution < 1.29 is 14.4 Å². The second kappa shape index (κ2) is 3.99. The van der Waals surface area contributed by atoms with E-state index in [2.05, 4.69) is 10.6 Å². The van der Waals surface area contributed by atoms with Crippen LogP contribution in [-0.4, -0.2) is 47.9 Å². The summed E-state index contributed by atoms with van der Waals surface area (Å²) in [6.07, 6.45) is 0.452. The smallest absolute Gasteiger partial charge is 0.322 e. The molecule has 2 fully saturated rings. The number of urea groups is 1. The third kappa shape index (κ3) is 1.86. The topological polar surface area (TPSA) is 105 Å². The van der Waals surface area contributed by atoms with Crippen LogP contribution >= 0.6 is 0 Å². The van der Waals surface area contributed by atoms with Gasteiger partial charge in [0.05, 0.1) is 6.54 Å². The van der Waals surface area contributed by atoms with E-state index in [4.69, 9.17) is 5.73 Å². The maximum Gasteiger partial charge on any atom is 0.322 e. The molecule has 2 aliphatic heterocycles. The summed E-state index contributed by atoms with van der Waals surface area (Å²) in [6, 6.07) is -0.490. The quantitative estimate of drug-likeness (QED) is 0.505. The minimum atomic E-state index is -0.930. The maximum absolute atomic E-state index is 11.9. The van der Waals surface area contributed by atoms with Crippen LogP contribution in [0.2, 0.25) is 0 Å². The highest BCUT2D eigenvalue weighted by molar-refractivity contribution is 6.07. The van der Waals surface area contributed by atoms with E-state index in [0.717, 1.165) is 0 Å². The lowest BCUT2D eigenvalue weighted by Crippen LogP contribution is -2.50. The first kappa shape index (κ1) is 11.8. The van der Waals surface area contributed by atoms with Crippen molar-refractivity contribution in [3.63, 3.8) is 0 Å². The van der Waals surface area contributed by atoms with E-state index >= 15 is 0 Å². The molecule has 4 amide bonds.